The highest BCUT2D eigenvalue weighted by Crippen LogP contribution is 2.34. The van der Waals surface area contributed by atoms with Gasteiger partial charge in [-0.2, -0.15) is 5.10 Å². The van der Waals surface area contributed by atoms with E-state index in [9.17, 15) is 4.79 Å². The molecule has 0 radical (unpaired) electrons. The third kappa shape index (κ3) is 4.76. The number of hydrogen-bond acceptors (Lipinski definition) is 5. The highest BCUT2D eigenvalue weighted by atomic mass is 16.6. The van der Waals surface area contributed by atoms with Crippen LogP contribution in [0.1, 0.15) is 5.56 Å². The first-order chi connectivity index (χ1) is 16.8. The number of fused-ring (bicyclic) bond motifs is 1. The lowest BCUT2D eigenvalue weighted by molar-refractivity contribution is -0.130. The fraction of sp³-hybridized carbons (Fsp3) is 0.0714. The zero-order valence-corrected chi connectivity index (χ0v) is 18.4. The quantitative estimate of drug-likeness (QED) is 0.314. The molecular weight excluding hydrogens is 426 g/mol. The Bertz CT molecular complexity index is 1240. The van der Waals surface area contributed by atoms with Crippen LogP contribution in [0.3, 0.4) is 0 Å². The van der Waals surface area contributed by atoms with Crippen LogP contribution >= 0.6 is 0 Å². The summed E-state index contributed by atoms with van der Waals surface area (Å²) in [6, 6.07) is 35.6. The number of benzene rings is 4. The zero-order valence-electron chi connectivity index (χ0n) is 18.4. The van der Waals surface area contributed by atoms with Gasteiger partial charge in [0, 0.05) is 17.1 Å². The van der Waals surface area contributed by atoms with Crippen molar-refractivity contribution in [2.24, 2.45) is 5.10 Å². The van der Waals surface area contributed by atoms with E-state index < -0.39 is 6.10 Å². The number of para-hydroxylation sites is 4. The van der Waals surface area contributed by atoms with E-state index in [0.29, 0.717) is 11.5 Å². The molecule has 0 spiro atoms. The molecule has 0 aromatic heterocycles. The average molecular weight is 450 g/mol. The fourth-order valence-corrected chi connectivity index (χ4v) is 3.70. The van der Waals surface area contributed by atoms with Crippen molar-refractivity contribution < 1.29 is 14.3 Å². The number of carbonyl (C=O) groups excluding carboxylic acids is 1. The van der Waals surface area contributed by atoms with E-state index in [2.05, 4.69) is 39.7 Å². The average Bonchev–Trinajstić information content (AvgIpc) is 2.90. The van der Waals surface area contributed by atoms with Crippen LogP contribution in [0.4, 0.5) is 17.1 Å². The molecule has 168 valence electrons. The summed E-state index contributed by atoms with van der Waals surface area (Å²) in [4.78, 5) is 14.6. The molecule has 1 aliphatic rings. The van der Waals surface area contributed by atoms with Gasteiger partial charge in [-0.15, -0.1) is 0 Å². The molecular formula is C28H23N3O3. The predicted octanol–water partition coefficient (Wildman–Crippen LogP) is 5.45. The monoisotopic (exact) mass is 449 g/mol. The number of nitrogens with zero attached hydrogens (tertiary/aromatic N) is 2. The minimum absolute atomic E-state index is 0.141. The van der Waals surface area contributed by atoms with Gasteiger partial charge in [-0.25, -0.2) is 5.43 Å². The molecule has 1 amide bonds. The molecule has 6 heteroatoms. The van der Waals surface area contributed by atoms with Gasteiger partial charge in [0.05, 0.1) is 6.21 Å². The second kappa shape index (κ2) is 9.92. The van der Waals surface area contributed by atoms with Gasteiger partial charge < -0.3 is 14.4 Å². The molecule has 4 aromatic carbocycles. The summed E-state index contributed by atoms with van der Waals surface area (Å²) in [5.74, 6) is 0.826. The van der Waals surface area contributed by atoms with Gasteiger partial charge in [0.2, 0.25) is 6.10 Å². The number of carbonyl (C=O) groups is 1. The van der Waals surface area contributed by atoms with Crippen molar-refractivity contribution in [3.63, 3.8) is 0 Å². The fourth-order valence-electron chi connectivity index (χ4n) is 3.70. The largest absolute Gasteiger partial charge is 0.485 e. The number of anilines is 3. The van der Waals surface area contributed by atoms with Crippen LogP contribution in [-0.4, -0.2) is 24.8 Å². The predicted molar refractivity (Wildman–Crippen MR) is 133 cm³/mol. The lowest BCUT2D eigenvalue weighted by atomic mass is 10.1. The molecule has 1 heterocycles. The Morgan fingerprint density at radius 3 is 1.97 bits per heavy atom. The Labute approximate surface area is 198 Å². The highest BCUT2D eigenvalue weighted by Gasteiger charge is 2.27. The van der Waals surface area contributed by atoms with Crippen LogP contribution in [0.2, 0.25) is 0 Å². The summed E-state index contributed by atoms with van der Waals surface area (Å²) in [5.41, 5.74) is 6.55. The van der Waals surface area contributed by atoms with Gasteiger partial charge >= 0.3 is 0 Å². The van der Waals surface area contributed by atoms with Crippen molar-refractivity contribution in [2.45, 2.75) is 6.10 Å². The Morgan fingerprint density at radius 1 is 0.765 bits per heavy atom. The highest BCUT2D eigenvalue weighted by molar-refractivity contribution is 5.86. The van der Waals surface area contributed by atoms with E-state index in [1.54, 1.807) is 12.3 Å². The molecule has 0 saturated carbocycles. The van der Waals surface area contributed by atoms with Gasteiger partial charge in [-0.3, -0.25) is 4.79 Å². The molecule has 1 N–H and O–H groups in total. The van der Waals surface area contributed by atoms with Crippen molar-refractivity contribution in [3.05, 3.63) is 115 Å². The number of amides is 1. The summed E-state index contributed by atoms with van der Waals surface area (Å²) in [6.45, 7) is 0.141. The Kier molecular flexibility index (Phi) is 6.21. The molecule has 0 fully saturated rings. The topological polar surface area (TPSA) is 63.2 Å². The number of rotatable bonds is 6. The normalized spacial score (nSPS) is 14.5. The van der Waals surface area contributed by atoms with Crippen LogP contribution < -0.4 is 19.8 Å². The summed E-state index contributed by atoms with van der Waals surface area (Å²) in [5, 5.41) is 4.09. The van der Waals surface area contributed by atoms with Gasteiger partial charge in [-0.1, -0.05) is 60.7 Å². The minimum Gasteiger partial charge on any atom is -0.485 e. The molecule has 4 aromatic rings. The molecule has 1 aliphatic heterocycles. The zero-order chi connectivity index (χ0) is 23.2. The Morgan fingerprint density at radius 2 is 1.32 bits per heavy atom. The number of hydrogen-bond donors (Lipinski definition) is 1. The maximum absolute atomic E-state index is 12.4. The lowest BCUT2D eigenvalue weighted by Gasteiger charge is -2.25. The standard InChI is InChI=1S/C28H23N3O3/c32-28(27-20-33-25-13-7-8-14-26(25)34-27)30-29-19-21-15-17-24(18-16-21)31(22-9-3-1-4-10-22)23-11-5-2-6-12-23/h1-19,27H,20H2,(H,30,32). The molecule has 0 aliphatic carbocycles. The molecule has 34 heavy (non-hydrogen) atoms. The van der Waals surface area contributed by atoms with Gasteiger partial charge in [0.25, 0.3) is 5.91 Å². The third-order valence-electron chi connectivity index (χ3n) is 5.37. The van der Waals surface area contributed by atoms with Crippen molar-refractivity contribution in [3.8, 4) is 11.5 Å². The first kappa shape index (κ1) is 21.3. The van der Waals surface area contributed by atoms with Crippen LogP contribution in [0.5, 0.6) is 11.5 Å². The van der Waals surface area contributed by atoms with E-state index in [0.717, 1.165) is 22.6 Å². The first-order valence-corrected chi connectivity index (χ1v) is 11.0. The van der Waals surface area contributed by atoms with Gasteiger partial charge in [0.15, 0.2) is 11.5 Å². The van der Waals surface area contributed by atoms with E-state index in [1.165, 1.54) is 0 Å². The Hall–Kier alpha value is -4.58. The van der Waals surface area contributed by atoms with E-state index in [4.69, 9.17) is 9.47 Å². The van der Waals surface area contributed by atoms with Gasteiger partial charge in [-0.05, 0) is 54.1 Å². The molecule has 0 bridgehead atoms. The molecule has 6 nitrogen and oxygen atoms in total. The number of nitrogens with one attached hydrogen (secondary N) is 1. The Balaban J connectivity index is 1.26. The van der Waals surface area contributed by atoms with Crippen molar-refractivity contribution >= 4 is 29.2 Å². The molecule has 1 atom stereocenters. The first-order valence-electron chi connectivity index (χ1n) is 11.0. The summed E-state index contributed by atoms with van der Waals surface area (Å²) >= 11 is 0. The van der Waals surface area contributed by atoms with E-state index in [1.807, 2.05) is 78.9 Å². The van der Waals surface area contributed by atoms with E-state index >= 15 is 0 Å². The van der Waals surface area contributed by atoms with Crippen LogP contribution in [-0.2, 0) is 4.79 Å². The lowest BCUT2D eigenvalue weighted by Crippen LogP contribution is -2.42. The van der Waals surface area contributed by atoms with Crippen LogP contribution in [0, 0.1) is 0 Å². The second-order valence-corrected chi connectivity index (χ2v) is 7.70. The third-order valence-corrected chi connectivity index (χ3v) is 5.37. The molecule has 1 unspecified atom stereocenters. The molecule has 5 rings (SSSR count). The number of hydrazone groups is 1. The minimum atomic E-state index is -0.750. The van der Waals surface area contributed by atoms with Crippen LogP contribution in [0.15, 0.2) is 114 Å². The van der Waals surface area contributed by atoms with Crippen molar-refractivity contribution in [1.29, 1.82) is 0 Å². The summed E-state index contributed by atoms with van der Waals surface area (Å²) in [6.07, 6.45) is 0.856. The van der Waals surface area contributed by atoms with Gasteiger partial charge in [0.1, 0.15) is 6.61 Å². The maximum Gasteiger partial charge on any atom is 0.284 e. The summed E-state index contributed by atoms with van der Waals surface area (Å²) in [7, 11) is 0. The number of ether oxygens (including phenoxy) is 2. The maximum atomic E-state index is 12.4. The van der Waals surface area contributed by atoms with Crippen molar-refractivity contribution in [2.75, 3.05) is 11.5 Å². The summed E-state index contributed by atoms with van der Waals surface area (Å²) < 4.78 is 11.3. The molecule has 0 saturated heterocycles. The van der Waals surface area contributed by atoms with Crippen molar-refractivity contribution in [1.82, 2.24) is 5.43 Å². The SMILES string of the molecule is O=C(NN=Cc1ccc(N(c2ccccc2)c2ccccc2)cc1)C1COc2ccccc2O1. The second-order valence-electron chi connectivity index (χ2n) is 7.70. The smallest absolute Gasteiger partial charge is 0.284 e. The van der Waals surface area contributed by atoms with Crippen LogP contribution in [0.25, 0.3) is 0 Å². The van der Waals surface area contributed by atoms with E-state index in [-0.39, 0.29) is 12.5 Å².